The van der Waals surface area contributed by atoms with E-state index in [1.807, 2.05) is 45.9 Å². The second-order valence-electron chi connectivity index (χ2n) is 10.3. The van der Waals surface area contributed by atoms with Crippen molar-refractivity contribution in [1.82, 2.24) is 0 Å². The number of nitrogens with zero attached hydrogens (tertiary/aromatic N) is 1. The van der Waals surface area contributed by atoms with Gasteiger partial charge in [-0.2, -0.15) is 4.58 Å². The fourth-order valence-electron chi connectivity index (χ4n) is 5.70. The van der Waals surface area contributed by atoms with Crippen LogP contribution in [-0.4, -0.2) is 51.7 Å². The zero-order valence-electron chi connectivity index (χ0n) is 26.1. The van der Waals surface area contributed by atoms with Crippen molar-refractivity contribution in [3.63, 3.8) is 0 Å². The maximum Gasteiger partial charge on any atom is 0.209 e. The Morgan fingerprint density at radius 3 is 1.93 bits per heavy atom. The molecule has 0 fully saturated rings. The molecule has 0 atom stereocenters. The first-order valence-electron chi connectivity index (χ1n) is 14.6. The molecule has 0 aliphatic carbocycles. The van der Waals surface area contributed by atoms with E-state index in [4.69, 9.17) is 18.9 Å². The standard InChI is InChI=1S/C34H42NO6S.HI/c1-9-35-27-20-19-25(42(36,37)24-17-15-14-16-18-24)21-26(27)34(7,8)33(35)23(6)30-28(38-10-2)22-29(39-11-3)31(40-12-4)32(30)41-13-5;/h14-22H,6,9-13H2,1-5,7-8H3;1H/q+1;/p-1. The average Bonchev–Trinajstić information content (AvgIpc) is 3.21. The number of benzene rings is 3. The minimum atomic E-state index is -3.70. The summed E-state index contributed by atoms with van der Waals surface area (Å²) in [6.45, 7) is 20.9. The molecule has 43 heavy (non-hydrogen) atoms. The van der Waals surface area contributed by atoms with E-state index in [1.165, 1.54) is 0 Å². The van der Waals surface area contributed by atoms with Gasteiger partial charge in [0.1, 0.15) is 12.3 Å². The molecule has 3 aromatic carbocycles. The summed E-state index contributed by atoms with van der Waals surface area (Å²) in [5.74, 6) is 2.15. The first-order valence-corrected chi connectivity index (χ1v) is 16.1. The van der Waals surface area contributed by atoms with E-state index in [1.54, 1.807) is 36.4 Å². The molecule has 0 saturated heterocycles. The van der Waals surface area contributed by atoms with Crippen molar-refractivity contribution in [2.75, 3.05) is 33.0 Å². The monoisotopic (exact) mass is 719 g/mol. The lowest BCUT2D eigenvalue weighted by Crippen LogP contribution is -3.00. The molecule has 1 aliphatic rings. The predicted octanol–water partition coefficient (Wildman–Crippen LogP) is 4.23. The summed E-state index contributed by atoms with van der Waals surface area (Å²) in [5, 5.41) is 0. The quantitative estimate of drug-likeness (QED) is 0.195. The lowest BCUT2D eigenvalue weighted by Gasteiger charge is -2.25. The van der Waals surface area contributed by atoms with Gasteiger partial charge in [-0.05, 0) is 72.7 Å². The van der Waals surface area contributed by atoms with Crippen LogP contribution >= 0.6 is 0 Å². The van der Waals surface area contributed by atoms with Crippen LogP contribution in [-0.2, 0) is 15.3 Å². The Morgan fingerprint density at radius 2 is 1.35 bits per heavy atom. The SMILES string of the molecule is C=C(C1=[N+](CC)c2ccc(S(=O)(=O)c3ccccc3)cc2C1(C)C)c1c(OCC)cc(OCC)c(OCC)c1OCC.[I-]. The summed E-state index contributed by atoms with van der Waals surface area (Å²) >= 11 is 0. The molecule has 0 spiro atoms. The highest BCUT2D eigenvalue weighted by Gasteiger charge is 2.48. The van der Waals surface area contributed by atoms with Crippen molar-refractivity contribution in [2.45, 2.75) is 63.7 Å². The van der Waals surface area contributed by atoms with Crippen LogP contribution in [0.15, 0.2) is 71.0 Å². The zero-order valence-corrected chi connectivity index (χ0v) is 29.1. The molecular formula is C34H42INO6S. The number of hydrogen-bond acceptors (Lipinski definition) is 6. The van der Waals surface area contributed by atoms with E-state index < -0.39 is 15.3 Å². The Kier molecular flexibility index (Phi) is 11.3. The van der Waals surface area contributed by atoms with E-state index in [0.29, 0.717) is 67.1 Å². The van der Waals surface area contributed by atoms with E-state index in [0.717, 1.165) is 17.0 Å². The number of sulfone groups is 1. The van der Waals surface area contributed by atoms with Gasteiger partial charge in [0.05, 0.1) is 52.8 Å². The summed E-state index contributed by atoms with van der Waals surface area (Å²) in [6, 6.07) is 15.8. The molecule has 0 saturated carbocycles. The molecular weight excluding hydrogens is 677 g/mol. The molecule has 0 aromatic heterocycles. The van der Waals surface area contributed by atoms with Gasteiger partial charge in [-0.1, -0.05) is 24.8 Å². The molecule has 7 nitrogen and oxygen atoms in total. The lowest BCUT2D eigenvalue weighted by atomic mass is 9.77. The second-order valence-corrected chi connectivity index (χ2v) is 12.3. The van der Waals surface area contributed by atoms with Gasteiger partial charge >= 0.3 is 0 Å². The number of ether oxygens (including phenoxy) is 4. The summed E-state index contributed by atoms with van der Waals surface area (Å²) in [4.78, 5) is 0.524. The molecule has 4 rings (SSSR count). The number of halogens is 1. The third-order valence-electron chi connectivity index (χ3n) is 7.40. The number of rotatable bonds is 13. The van der Waals surface area contributed by atoms with Gasteiger partial charge in [0, 0.05) is 17.7 Å². The molecule has 232 valence electrons. The van der Waals surface area contributed by atoms with E-state index in [-0.39, 0.29) is 33.8 Å². The minimum Gasteiger partial charge on any atom is -1.00 e. The Hall–Kier alpha value is -3.05. The van der Waals surface area contributed by atoms with E-state index >= 15 is 0 Å². The maximum absolute atomic E-state index is 13.6. The van der Waals surface area contributed by atoms with Gasteiger partial charge in [-0.15, -0.1) is 0 Å². The number of allylic oxidation sites excluding steroid dienone is 1. The van der Waals surface area contributed by atoms with Crippen LogP contribution < -0.4 is 42.9 Å². The summed E-state index contributed by atoms with van der Waals surface area (Å²) < 4.78 is 53.7. The number of hydrogen-bond donors (Lipinski definition) is 0. The second kappa shape index (κ2) is 14.2. The topological polar surface area (TPSA) is 74.1 Å². The van der Waals surface area contributed by atoms with Crippen molar-refractivity contribution in [2.24, 2.45) is 0 Å². The minimum absolute atomic E-state index is 0. The van der Waals surface area contributed by atoms with Crippen LogP contribution in [0.4, 0.5) is 5.69 Å². The highest BCUT2D eigenvalue weighted by atomic mass is 127. The van der Waals surface area contributed by atoms with Crippen LogP contribution in [0.3, 0.4) is 0 Å². The van der Waals surface area contributed by atoms with Gasteiger partial charge in [-0.3, -0.25) is 0 Å². The molecule has 1 aliphatic heterocycles. The molecule has 1 heterocycles. The van der Waals surface area contributed by atoms with Gasteiger partial charge in [0.2, 0.25) is 21.3 Å². The van der Waals surface area contributed by atoms with Crippen LogP contribution in [0.25, 0.3) is 5.57 Å². The maximum atomic E-state index is 13.6. The highest BCUT2D eigenvalue weighted by molar-refractivity contribution is 7.91. The molecule has 3 aromatic rings. The average molecular weight is 720 g/mol. The third-order valence-corrected chi connectivity index (χ3v) is 9.17. The molecule has 0 amide bonds. The van der Waals surface area contributed by atoms with Gasteiger partial charge < -0.3 is 42.9 Å². The first kappa shape index (κ1) is 34.4. The molecule has 9 heteroatoms. The van der Waals surface area contributed by atoms with Crippen molar-refractivity contribution in [1.29, 1.82) is 0 Å². The zero-order chi connectivity index (χ0) is 30.7. The Balaban J connectivity index is 0.00000506. The van der Waals surface area contributed by atoms with Crippen molar-refractivity contribution >= 4 is 26.8 Å². The fourth-order valence-corrected chi connectivity index (χ4v) is 7.01. The Bertz CT molecular complexity index is 1610. The Labute approximate surface area is 273 Å². The van der Waals surface area contributed by atoms with Gasteiger partial charge in [-0.25, -0.2) is 8.42 Å². The smallest absolute Gasteiger partial charge is 0.209 e. The van der Waals surface area contributed by atoms with Gasteiger partial charge in [0.15, 0.2) is 17.2 Å². The van der Waals surface area contributed by atoms with Gasteiger partial charge in [0.25, 0.3) is 0 Å². The molecule has 0 unspecified atom stereocenters. The highest BCUT2D eigenvalue weighted by Crippen LogP contribution is 2.52. The lowest BCUT2D eigenvalue weighted by molar-refractivity contribution is -0.432. The molecule has 0 bridgehead atoms. The van der Waals surface area contributed by atoms with E-state index in [2.05, 4.69) is 31.9 Å². The van der Waals surface area contributed by atoms with Crippen molar-refractivity contribution in [3.8, 4) is 23.0 Å². The molecule has 0 radical (unpaired) electrons. The summed E-state index contributed by atoms with van der Waals surface area (Å²) in [5.41, 5.74) is 3.59. The van der Waals surface area contributed by atoms with Crippen LogP contribution in [0, 0.1) is 0 Å². The summed E-state index contributed by atoms with van der Waals surface area (Å²) in [7, 11) is -3.70. The Morgan fingerprint density at radius 1 is 0.767 bits per heavy atom. The van der Waals surface area contributed by atoms with Crippen molar-refractivity contribution < 1.29 is 55.9 Å². The van der Waals surface area contributed by atoms with Crippen molar-refractivity contribution in [3.05, 3.63) is 72.3 Å². The first-order chi connectivity index (χ1) is 20.1. The largest absolute Gasteiger partial charge is 1.00 e. The third kappa shape index (κ3) is 6.29. The number of fused-ring (bicyclic) bond motifs is 1. The van der Waals surface area contributed by atoms with E-state index in [9.17, 15) is 8.42 Å². The van der Waals surface area contributed by atoms with Crippen LogP contribution in [0.5, 0.6) is 23.0 Å². The predicted molar refractivity (Wildman–Crippen MR) is 167 cm³/mol. The van der Waals surface area contributed by atoms with Crippen LogP contribution in [0.1, 0.15) is 59.6 Å². The fraction of sp³-hybridized carbons (Fsp3) is 0.382. The molecule has 0 N–H and O–H groups in total. The normalized spacial score (nSPS) is 13.7. The summed E-state index contributed by atoms with van der Waals surface area (Å²) in [6.07, 6.45) is 0. The van der Waals surface area contributed by atoms with Crippen LogP contribution in [0.2, 0.25) is 0 Å².